The molecule has 0 spiro atoms. The number of fused-ring (bicyclic) bond motifs is 1. The third-order valence-electron chi connectivity index (χ3n) is 4.74. The van der Waals surface area contributed by atoms with Gasteiger partial charge in [-0.2, -0.15) is 5.10 Å². The van der Waals surface area contributed by atoms with Gasteiger partial charge in [-0.1, -0.05) is 5.16 Å². The predicted octanol–water partition coefficient (Wildman–Crippen LogP) is -0.131. The van der Waals surface area contributed by atoms with Crippen LogP contribution in [-0.4, -0.2) is 69.4 Å². The summed E-state index contributed by atoms with van der Waals surface area (Å²) in [7, 11) is 1.78. The molecule has 1 aromatic heterocycles. The average molecular weight is 317 g/mol. The van der Waals surface area contributed by atoms with Crippen molar-refractivity contribution in [1.82, 2.24) is 19.6 Å². The summed E-state index contributed by atoms with van der Waals surface area (Å²) in [4.78, 5) is 34.0. The molecular formula is C15H19N5O3. The van der Waals surface area contributed by atoms with Crippen LogP contribution in [0.1, 0.15) is 23.3 Å². The zero-order valence-corrected chi connectivity index (χ0v) is 13.0. The number of carbonyl (C=O) groups excluding carboxylic acids is 2. The van der Waals surface area contributed by atoms with E-state index in [2.05, 4.69) is 10.3 Å². The first-order valence-electron chi connectivity index (χ1n) is 7.95. The molecule has 23 heavy (non-hydrogen) atoms. The maximum atomic E-state index is 12.5. The Morgan fingerprint density at radius 1 is 1.17 bits per heavy atom. The number of amides is 2. The number of hydrogen-bond acceptors (Lipinski definition) is 5. The van der Waals surface area contributed by atoms with Crippen LogP contribution in [0, 0.1) is 5.92 Å². The second-order valence-corrected chi connectivity index (χ2v) is 6.31. The van der Waals surface area contributed by atoms with E-state index in [4.69, 9.17) is 4.84 Å². The maximum absolute atomic E-state index is 12.5. The van der Waals surface area contributed by atoms with E-state index in [1.54, 1.807) is 28.9 Å². The third-order valence-corrected chi connectivity index (χ3v) is 4.74. The molecule has 8 heteroatoms. The smallest absolute Gasteiger partial charge is 0.274 e. The predicted molar refractivity (Wildman–Crippen MR) is 80.7 cm³/mol. The summed E-state index contributed by atoms with van der Waals surface area (Å²) in [5.74, 6) is -0.297. The lowest BCUT2D eigenvalue weighted by molar-refractivity contribution is -0.123. The lowest BCUT2D eigenvalue weighted by Gasteiger charge is -2.18. The first-order chi connectivity index (χ1) is 11.1. The number of nitrogens with zero attached hydrogens (tertiary/aromatic N) is 5. The summed E-state index contributed by atoms with van der Waals surface area (Å²) in [6.07, 6.45) is 3.60. The quantitative estimate of drug-likeness (QED) is 0.761. The Balaban J connectivity index is 1.46. The molecule has 0 radical (unpaired) electrons. The van der Waals surface area contributed by atoms with Crippen LogP contribution in [0.25, 0.3) is 0 Å². The summed E-state index contributed by atoms with van der Waals surface area (Å²) in [5.41, 5.74) is 0.880. The molecule has 122 valence electrons. The van der Waals surface area contributed by atoms with E-state index in [1.165, 1.54) is 0 Å². The molecule has 2 saturated heterocycles. The number of hydrogen-bond donors (Lipinski definition) is 0. The van der Waals surface area contributed by atoms with Crippen molar-refractivity contribution in [2.24, 2.45) is 18.1 Å². The number of rotatable bonds is 2. The first-order valence-corrected chi connectivity index (χ1v) is 7.95. The molecule has 2 unspecified atom stereocenters. The van der Waals surface area contributed by atoms with Crippen molar-refractivity contribution in [1.29, 1.82) is 0 Å². The summed E-state index contributed by atoms with van der Waals surface area (Å²) in [6.45, 7) is 2.47. The highest BCUT2D eigenvalue weighted by molar-refractivity contribution is 6.40. The van der Waals surface area contributed by atoms with Gasteiger partial charge in [0.1, 0.15) is 5.69 Å². The second-order valence-electron chi connectivity index (χ2n) is 6.31. The zero-order chi connectivity index (χ0) is 16.0. The zero-order valence-electron chi connectivity index (χ0n) is 13.0. The number of oxime groups is 1. The first kappa shape index (κ1) is 14.2. The molecule has 1 aromatic rings. The van der Waals surface area contributed by atoms with Crippen LogP contribution >= 0.6 is 0 Å². The number of carbonyl (C=O) groups is 2. The van der Waals surface area contributed by atoms with Gasteiger partial charge in [0, 0.05) is 32.9 Å². The van der Waals surface area contributed by atoms with Gasteiger partial charge < -0.3 is 14.6 Å². The van der Waals surface area contributed by atoms with Crippen LogP contribution in [0.3, 0.4) is 0 Å². The molecule has 0 aliphatic carbocycles. The van der Waals surface area contributed by atoms with Crippen molar-refractivity contribution < 1.29 is 14.4 Å². The summed E-state index contributed by atoms with van der Waals surface area (Å²) in [5, 5.41) is 8.15. The van der Waals surface area contributed by atoms with Gasteiger partial charge in [0.25, 0.3) is 11.8 Å². The largest absolute Gasteiger partial charge is 0.389 e. The fourth-order valence-corrected chi connectivity index (χ4v) is 3.47. The highest BCUT2D eigenvalue weighted by atomic mass is 16.6. The van der Waals surface area contributed by atoms with E-state index in [9.17, 15) is 9.59 Å². The van der Waals surface area contributed by atoms with Gasteiger partial charge in [-0.3, -0.25) is 14.3 Å². The number of aromatic nitrogens is 2. The Hall–Kier alpha value is -2.38. The summed E-state index contributed by atoms with van der Waals surface area (Å²) < 4.78 is 1.60. The lowest BCUT2D eigenvalue weighted by Crippen LogP contribution is -2.39. The number of aryl methyl sites for hydroxylation is 1. The van der Waals surface area contributed by atoms with Crippen molar-refractivity contribution in [3.05, 3.63) is 18.0 Å². The summed E-state index contributed by atoms with van der Waals surface area (Å²) in [6, 6.07) is 1.70. The topological polar surface area (TPSA) is 80.0 Å². The van der Waals surface area contributed by atoms with Crippen LogP contribution in [0.15, 0.2) is 17.4 Å². The van der Waals surface area contributed by atoms with E-state index in [1.807, 2.05) is 4.90 Å². The van der Waals surface area contributed by atoms with E-state index >= 15 is 0 Å². The molecule has 3 aliphatic rings. The summed E-state index contributed by atoms with van der Waals surface area (Å²) >= 11 is 0. The molecule has 3 aliphatic heterocycles. The van der Waals surface area contributed by atoms with Gasteiger partial charge >= 0.3 is 0 Å². The van der Waals surface area contributed by atoms with Gasteiger partial charge in [-0.05, 0) is 18.9 Å². The minimum atomic E-state index is -0.218. The molecular weight excluding hydrogens is 298 g/mol. The normalized spacial score (nSPS) is 26.2. The Morgan fingerprint density at radius 2 is 1.96 bits per heavy atom. The fourth-order valence-electron chi connectivity index (χ4n) is 3.47. The molecule has 2 fully saturated rings. The molecule has 0 saturated carbocycles. The van der Waals surface area contributed by atoms with Crippen LogP contribution in [0.5, 0.6) is 0 Å². The molecule has 4 heterocycles. The SMILES string of the molecule is Cn1ccc(C(=O)N2CC3ON=C(C(=O)N4CCCC4)C3C2)n1. The van der Waals surface area contributed by atoms with E-state index < -0.39 is 0 Å². The highest BCUT2D eigenvalue weighted by Gasteiger charge is 2.47. The lowest BCUT2D eigenvalue weighted by atomic mass is 10.00. The molecule has 0 N–H and O–H groups in total. The van der Waals surface area contributed by atoms with Crippen molar-refractivity contribution >= 4 is 17.5 Å². The molecule has 2 atom stereocenters. The molecule has 0 bridgehead atoms. The Kier molecular flexibility index (Phi) is 3.32. The molecule has 8 nitrogen and oxygen atoms in total. The van der Waals surface area contributed by atoms with Gasteiger partial charge in [-0.15, -0.1) is 0 Å². The van der Waals surface area contributed by atoms with Crippen LogP contribution in [0.2, 0.25) is 0 Å². The van der Waals surface area contributed by atoms with Crippen molar-refractivity contribution in [2.75, 3.05) is 26.2 Å². The highest BCUT2D eigenvalue weighted by Crippen LogP contribution is 2.29. The van der Waals surface area contributed by atoms with Crippen LogP contribution < -0.4 is 0 Å². The maximum Gasteiger partial charge on any atom is 0.274 e. The van der Waals surface area contributed by atoms with Crippen molar-refractivity contribution in [3.8, 4) is 0 Å². The van der Waals surface area contributed by atoms with Crippen molar-refractivity contribution in [3.63, 3.8) is 0 Å². The van der Waals surface area contributed by atoms with Gasteiger partial charge in [0.2, 0.25) is 0 Å². The van der Waals surface area contributed by atoms with Crippen LogP contribution in [-0.2, 0) is 16.7 Å². The second kappa shape index (κ2) is 5.36. The third kappa shape index (κ3) is 2.38. The Bertz CT molecular complexity index is 676. The fraction of sp³-hybridized carbons (Fsp3) is 0.600. The standard InChI is InChI=1S/C15H19N5O3/c1-18-7-4-11(16-18)14(21)20-8-10-12(9-20)23-17-13(10)15(22)19-5-2-3-6-19/h4,7,10,12H,2-3,5-6,8-9H2,1H3. The van der Waals surface area contributed by atoms with Gasteiger partial charge in [0.05, 0.1) is 12.5 Å². The molecule has 2 amide bonds. The van der Waals surface area contributed by atoms with Gasteiger partial charge in [-0.25, -0.2) is 0 Å². The average Bonchev–Trinajstić information content (AvgIpc) is 3.29. The Morgan fingerprint density at radius 3 is 2.65 bits per heavy atom. The monoisotopic (exact) mass is 317 g/mol. The van der Waals surface area contributed by atoms with Gasteiger partial charge in [0.15, 0.2) is 11.8 Å². The minimum Gasteiger partial charge on any atom is -0.389 e. The number of likely N-dealkylation sites (tertiary alicyclic amines) is 2. The Labute approximate surface area is 133 Å². The molecule has 0 aromatic carbocycles. The van der Waals surface area contributed by atoms with E-state index in [0.717, 1.165) is 25.9 Å². The van der Waals surface area contributed by atoms with E-state index in [0.29, 0.717) is 24.5 Å². The van der Waals surface area contributed by atoms with E-state index in [-0.39, 0.29) is 23.8 Å². The molecule has 4 rings (SSSR count). The van der Waals surface area contributed by atoms with Crippen molar-refractivity contribution in [2.45, 2.75) is 18.9 Å². The van der Waals surface area contributed by atoms with Crippen LogP contribution in [0.4, 0.5) is 0 Å². The minimum absolute atomic E-state index is 0.0397.